The third-order valence-corrected chi connectivity index (χ3v) is 11.8. The first kappa shape index (κ1) is 57.8. The van der Waals surface area contributed by atoms with Crippen LogP contribution in [0.1, 0.15) is 258 Å². The lowest BCUT2D eigenvalue weighted by molar-refractivity contribution is -0.151. The topological polar surface area (TPSA) is 95.9 Å². The van der Waals surface area contributed by atoms with Gasteiger partial charge in [0.15, 0.2) is 0 Å². The van der Waals surface area contributed by atoms with Crippen LogP contribution in [0.25, 0.3) is 0 Å². The molecule has 3 atom stereocenters. The van der Waals surface area contributed by atoms with Crippen molar-refractivity contribution in [2.75, 3.05) is 6.61 Å². The van der Waals surface area contributed by atoms with Crippen molar-refractivity contribution in [2.24, 2.45) is 0 Å². The van der Waals surface area contributed by atoms with Gasteiger partial charge in [-0.2, -0.15) is 0 Å². The van der Waals surface area contributed by atoms with Crippen LogP contribution in [-0.2, 0) is 14.3 Å². The molecule has 0 radical (unpaired) electrons. The van der Waals surface area contributed by atoms with E-state index < -0.39 is 18.2 Å². The highest BCUT2D eigenvalue weighted by molar-refractivity contribution is 5.77. The van der Waals surface area contributed by atoms with E-state index in [0.29, 0.717) is 19.3 Å². The molecule has 1 amide bonds. The lowest BCUT2D eigenvalue weighted by Gasteiger charge is -2.24. The van der Waals surface area contributed by atoms with E-state index in [1.807, 2.05) is 24.3 Å². The third kappa shape index (κ3) is 42.5. The predicted molar refractivity (Wildman–Crippen MR) is 259 cm³/mol. The summed E-state index contributed by atoms with van der Waals surface area (Å²) >= 11 is 0. The molecule has 60 heavy (non-hydrogen) atoms. The molecule has 0 saturated carbocycles. The van der Waals surface area contributed by atoms with E-state index in [1.54, 1.807) is 0 Å². The predicted octanol–water partition coefficient (Wildman–Crippen LogP) is 15.5. The number of carbonyl (C=O) groups excluding carboxylic acids is 2. The van der Waals surface area contributed by atoms with E-state index in [0.717, 1.165) is 70.6 Å². The second-order valence-electron chi connectivity index (χ2n) is 17.6. The normalized spacial score (nSPS) is 13.6. The van der Waals surface area contributed by atoms with Gasteiger partial charge in [0.2, 0.25) is 5.91 Å². The number of nitrogens with one attached hydrogen (secondary N) is 1. The fourth-order valence-corrected chi connectivity index (χ4v) is 7.85. The summed E-state index contributed by atoms with van der Waals surface area (Å²) in [6.45, 7) is 6.34. The van der Waals surface area contributed by atoms with Gasteiger partial charge in [0.25, 0.3) is 0 Å². The summed E-state index contributed by atoms with van der Waals surface area (Å²) in [6, 6.07) is -0.712. The first-order valence-corrected chi connectivity index (χ1v) is 25.9. The Hall–Kier alpha value is -2.18. The summed E-state index contributed by atoms with van der Waals surface area (Å²) < 4.78 is 5.92. The molecule has 0 heterocycles. The third-order valence-electron chi connectivity index (χ3n) is 11.8. The minimum absolute atomic E-state index is 0.0538. The Kier molecular flexibility index (Phi) is 46.1. The molecule has 0 bridgehead atoms. The smallest absolute Gasteiger partial charge is 0.306 e. The molecule has 0 aromatic rings. The number of carbonyl (C=O) groups is 2. The standard InChI is InChI=1S/C54H99NO5/c1-4-7-10-13-16-19-22-25-26-27-29-32-35-38-41-44-47-54(59)60-50(45-42-39-36-33-30-28-23-20-17-14-11-8-5-2)48-53(58)55-51(49-56)52(57)46-43-40-37-34-31-24-21-18-15-12-9-6-3/h8,11,14,17,20,23,28,30,50-52,56-57H,4-7,9-10,12-13,15-16,18-19,21-22,24-27,29,31-49H2,1-3H3,(H,55,58)/b11-8+,17-14+,23-20+,30-28-. The minimum Gasteiger partial charge on any atom is -0.462 e. The molecule has 3 N–H and O–H groups in total. The van der Waals surface area contributed by atoms with Crippen LogP contribution in [0.15, 0.2) is 48.6 Å². The maximum atomic E-state index is 13.2. The van der Waals surface area contributed by atoms with Crippen LogP contribution in [-0.4, -0.2) is 46.9 Å². The quantitative estimate of drug-likeness (QED) is 0.0322. The molecule has 0 aliphatic carbocycles. The molecule has 0 aliphatic heterocycles. The van der Waals surface area contributed by atoms with Crippen molar-refractivity contribution in [3.8, 4) is 0 Å². The molecule has 6 nitrogen and oxygen atoms in total. The SMILES string of the molecule is CC/C=C/C=C/C=C/C=C\CCCCCC(CC(=O)NC(CO)C(O)CCCCCCCCCCCCCC)OC(=O)CCCCCCCCCCCCCCCCCC. The fraction of sp³-hybridized carbons (Fsp3) is 0.815. The maximum absolute atomic E-state index is 13.2. The van der Waals surface area contributed by atoms with Crippen molar-refractivity contribution in [1.29, 1.82) is 0 Å². The number of allylic oxidation sites excluding steroid dienone is 8. The van der Waals surface area contributed by atoms with Gasteiger partial charge in [-0.25, -0.2) is 0 Å². The number of esters is 1. The number of amides is 1. The second-order valence-corrected chi connectivity index (χ2v) is 17.6. The Morgan fingerprint density at radius 1 is 0.500 bits per heavy atom. The van der Waals surface area contributed by atoms with Gasteiger partial charge in [0.1, 0.15) is 6.10 Å². The van der Waals surface area contributed by atoms with Crippen LogP contribution in [0.5, 0.6) is 0 Å². The largest absolute Gasteiger partial charge is 0.462 e. The molecule has 0 rings (SSSR count). The van der Waals surface area contributed by atoms with Gasteiger partial charge in [-0.15, -0.1) is 0 Å². The summed E-state index contributed by atoms with van der Waals surface area (Å²) in [5.41, 5.74) is 0. The molecule has 0 aromatic heterocycles. The Morgan fingerprint density at radius 2 is 0.900 bits per heavy atom. The van der Waals surface area contributed by atoms with Crippen LogP contribution >= 0.6 is 0 Å². The molecular formula is C54H99NO5. The summed E-state index contributed by atoms with van der Waals surface area (Å²) in [5, 5.41) is 23.7. The van der Waals surface area contributed by atoms with E-state index in [1.165, 1.54) is 141 Å². The summed E-state index contributed by atoms with van der Waals surface area (Å²) in [5.74, 6) is -0.505. The first-order valence-electron chi connectivity index (χ1n) is 25.9. The van der Waals surface area contributed by atoms with Crippen molar-refractivity contribution in [3.05, 3.63) is 48.6 Å². The molecular weight excluding hydrogens is 743 g/mol. The van der Waals surface area contributed by atoms with Gasteiger partial charge < -0.3 is 20.3 Å². The van der Waals surface area contributed by atoms with Gasteiger partial charge >= 0.3 is 5.97 Å². The molecule has 0 fully saturated rings. The minimum atomic E-state index is -0.796. The molecule has 3 unspecified atom stereocenters. The average Bonchev–Trinajstić information content (AvgIpc) is 3.24. The van der Waals surface area contributed by atoms with Crippen molar-refractivity contribution >= 4 is 11.9 Å². The molecule has 0 aliphatic rings. The van der Waals surface area contributed by atoms with E-state index >= 15 is 0 Å². The zero-order chi connectivity index (χ0) is 43.8. The van der Waals surface area contributed by atoms with E-state index in [4.69, 9.17) is 4.74 Å². The van der Waals surface area contributed by atoms with E-state index in [2.05, 4.69) is 50.4 Å². The number of hydrogen-bond acceptors (Lipinski definition) is 5. The number of aliphatic hydroxyl groups excluding tert-OH is 2. The molecule has 0 aromatic carbocycles. The lowest BCUT2D eigenvalue weighted by Crippen LogP contribution is -2.46. The zero-order valence-electron chi connectivity index (χ0n) is 39.8. The number of aliphatic hydroxyl groups is 2. The molecule has 6 heteroatoms. The number of ether oxygens (including phenoxy) is 1. The van der Waals surface area contributed by atoms with Crippen LogP contribution in [0.4, 0.5) is 0 Å². The van der Waals surface area contributed by atoms with Crippen LogP contribution in [0, 0.1) is 0 Å². The fourth-order valence-electron chi connectivity index (χ4n) is 7.85. The van der Waals surface area contributed by atoms with Crippen molar-refractivity contribution in [1.82, 2.24) is 5.32 Å². The number of hydrogen-bond donors (Lipinski definition) is 3. The Morgan fingerprint density at radius 3 is 1.37 bits per heavy atom. The lowest BCUT2D eigenvalue weighted by atomic mass is 10.0. The van der Waals surface area contributed by atoms with Crippen LogP contribution in [0.3, 0.4) is 0 Å². The highest BCUT2D eigenvalue weighted by atomic mass is 16.5. The zero-order valence-corrected chi connectivity index (χ0v) is 39.8. The summed E-state index contributed by atoms with van der Waals surface area (Å²) in [6.07, 6.45) is 57.4. The van der Waals surface area contributed by atoms with Gasteiger partial charge in [-0.05, 0) is 44.9 Å². The molecule has 0 spiro atoms. The monoisotopic (exact) mass is 842 g/mol. The highest BCUT2D eigenvalue weighted by Crippen LogP contribution is 2.18. The Labute approximate surface area is 372 Å². The van der Waals surface area contributed by atoms with E-state index in [-0.39, 0.29) is 24.9 Å². The number of unbranched alkanes of at least 4 members (excludes halogenated alkanes) is 29. The molecule has 0 saturated heterocycles. The molecule has 350 valence electrons. The summed E-state index contributed by atoms with van der Waals surface area (Å²) in [4.78, 5) is 26.1. The van der Waals surface area contributed by atoms with Crippen LogP contribution < -0.4 is 5.32 Å². The van der Waals surface area contributed by atoms with Gasteiger partial charge in [0.05, 0.1) is 25.2 Å². The average molecular weight is 842 g/mol. The maximum Gasteiger partial charge on any atom is 0.306 e. The highest BCUT2D eigenvalue weighted by Gasteiger charge is 2.24. The number of rotatable bonds is 46. The van der Waals surface area contributed by atoms with Crippen molar-refractivity contribution in [2.45, 2.75) is 277 Å². The van der Waals surface area contributed by atoms with Crippen molar-refractivity contribution in [3.63, 3.8) is 0 Å². The Bertz CT molecular complexity index is 1040. The van der Waals surface area contributed by atoms with Gasteiger partial charge in [-0.1, -0.05) is 249 Å². The van der Waals surface area contributed by atoms with Gasteiger partial charge in [0, 0.05) is 6.42 Å². The van der Waals surface area contributed by atoms with Gasteiger partial charge in [-0.3, -0.25) is 9.59 Å². The summed E-state index contributed by atoms with van der Waals surface area (Å²) in [7, 11) is 0. The second kappa shape index (κ2) is 47.9. The van der Waals surface area contributed by atoms with E-state index in [9.17, 15) is 19.8 Å². The first-order chi connectivity index (χ1) is 29.5. The van der Waals surface area contributed by atoms with Crippen LogP contribution in [0.2, 0.25) is 0 Å². The Balaban J connectivity index is 4.59. The van der Waals surface area contributed by atoms with Crippen molar-refractivity contribution < 1.29 is 24.5 Å².